The smallest absolute Gasteiger partial charge is 0.323 e. The van der Waals surface area contributed by atoms with Crippen LogP contribution in [-0.2, 0) is 9.53 Å². The lowest BCUT2D eigenvalue weighted by molar-refractivity contribution is -0.144. The molecule has 0 aliphatic rings. The molecule has 0 saturated carbocycles. The van der Waals surface area contributed by atoms with Crippen molar-refractivity contribution >= 4 is 25.8 Å². The van der Waals surface area contributed by atoms with Gasteiger partial charge in [-0.25, -0.2) is 0 Å². The van der Waals surface area contributed by atoms with Gasteiger partial charge in [-0.05, 0) is 6.92 Å². The van der Waals surface area contributed by atoms with E-state index in [9.17, 15) is 4.79 Å². The summed E-state index contributed by atoms with van der Waals surface area (Å²) in [6, 6.07) is -0.484. The Bertz CT molecular complexity index is 112. The molecule has 0 rings (SSSR count). The van der Waals surface area contributed by atoms with E-state index < -0.39 is 6.04 Å². The summed E-state index contributed by atoms with van der Waals surface area (Å²) in [6.45, 7) is 2.16. The van der Waals surface area contributed by atoms with Crippen LogP contribution < -0.4 is 5.73 Å². The molecular formula is C5H12NO2PS. The highest BCUT2D eigenvalue weighted by Gasteiger charge is 2.12. The zero-order chi connectivity index (χ0) is 7.98. The molecule has 0 aromatic heterocycles. The van der Waals surface area contributed by atoms with Crippen LogP contribution in [0.1, 0.15) is 6.92 Å². The van der Waals surface area contributed by atoms with Crippen molar-refractivity contribution in [2.24, 2.45) is 5.73 Å². The SMILES string of the molecule is CCOC(=O)C(N)CSP. The number of carbonyl (C=O) groups is 1. The predicted octanol–water partition coefficient (Wildman–Crippen LogP) is 0.400. The van der Waals surface area contributed by atoms with Gasteiger partial charge in [-0.1, -0.05) is 8.44 Å². The zero-order valence-corrected chi connectivity index (χ0v) is 7.84. The number of hydrogen-bond acceptors (Lipinski definition) is 4. The molecule has 0 aromatic carbocycles. The van der Waals surface area contributed by atoms with Gasteiger partial charge in [-0.15, -0.1) is 11.4 Å². The molecule has 0 aromatic rings. The standard InChI is InChI=1S/C5H12NO2PS/c1-2-8-5(7)4(6)3-10-9/h4H,2-3,6,9H2,1H3. The first-order chi connectivity index (χ1) is 4.72. The molecule has 10 heavy (non-hydrogen) atoms. The highest BCUT2D eigenvalue weighted by atomic mass is 32.7. The maximum absolute atomic E-state index is 10.8. The van der Waals surface area contributed by atoms with Gasteiger partial charge < -0.3 is 10.5 Å². The Kier molecular flexibility index (Phi) is 6.08. The summed E-state index contributed by atoms with van der Waals surface area (Å²) in [6.07, 6.45) is 0. The monoisotopic (exact) mass is 181 g/mol. The van der Waals surface area contributed by atoms with Crippen LogP contribution in [0.4, 0.5) is 0 Å². The molecule has 0 saturated heterocycles. The second-order valence-corrected chi connectivity index (χ2v) is 3.36. The molecule has 0 fully saturated rings. The molecule has 0 amide bonds. The molecule has 5 heteroatoms. The molecule has 0 bridgehead atoms. The van der Waals surface area contributed by atoms with E-state index in [0.717, 1.165) is 0 Å². The van der Waals surface area contributed by atoms with Crippen molar-refractivity contribution < 1.29 is 9.53 Å². The summed E-state index contributed by atoms with van der Waals surface area (Å²) in [5.41, 5.74) is 5.41. The van der Waals surface area contributed by atoms with Crippen LogP contribution in [0.25, 0.3) is 0 Å². The first-order valence-corrected chi connectivity index (χ1v) is 5.42. The third-order valence-corrected chi connectivity index (χ3v) is 1.99. The second-order valence-electron chi connectivity index (χ2n) is 1.69. The van der Waals surface area contributed by atoms with Gasteiger partial charge in [0.05, 0.1) is 6.61 Å². The number of carbonyl (C=O) groups excluding carboxylic acids is 1. The van der Waals surface area contributed by atoms with Crippen LogP contribution in [0.5, 0.6) is 0 Å². The molecule has 0 heterocycles. The lowest BCUT2D eigenvalue weighted by Crippen LogP contribution is -2.34. The molecule has 0 aliphatic heterocycles. The van der Waals surface area contributed by atoms with Crippen LogP contribution in [-0.4, -0.2) is 24.4 Å². The van der Waals surface area contributed by atoms with Gasteiger partial charge in [0.2, 0.25) is 0 Å². The van der Waals surface area contributed by atoms with Gasteiger partial charge in [-0.3, -0.25) is 4.79 Å². The Balaban J connectivity index is 3.49. The Hall–Kier alpha value is 0.210. The Labute approximate surface area is 67.0 Å². The van der Waals surface area contributed by atoms with Crippen LogP contribution in [0.2, 0.25) is 0 Å². The minimum atomic E-state index is -0.484. The lowest BCUT2D eigenvalue weighted by atomic mass is 10.4. The third-order valence-electron chi connectivity index (χ3n) is 0.865. The van der Waals surface area contributed by atoms with Gasteiger partial charge in [0, 0.05) is 5.75 Å². The molecule has 2 unspecified atom stereocenters. The van der Waals surface area contributed by atoms with Crippen LogP contribution in [0, 0.1) is 0 Å². The number of nitrogens with two attached hydrogens (primary N) is 1. The van der Waals surface area contributed by atoms with Crippen LogP contribution in [0.3, 0.4) is 0 Å². The van der Waals surface area contributed by atoms with Crippen molar-refractivity contribution in [3.8, 4) is 0 Å². The summed E-state index contributed by atoms with van der Waals surface area (Å²) < 4.78 is 4.67. The second kappa shape index (κ2) is 5.96. The van der Waals surface area contributed by atoms with E-state index >= 15 is 0 Å². The number of ether oxygens (including phenoxy) is 1. The highest BCUT2D eigenvalue weighted by molar-refractivity contribution is 8.43. The first-order valence-electron chi connectivity index (χ1n) is 2.96. The summed E-state index contributed by atoms with van der Waals surface area (Å²) in [4.78, 5) is 10.8. The highest BCUT2D eigenvalue weighted by Crippen LogP contribution is 2.10. The van der Waals surface area contributed by atoms with Crippen molar-refractivity contribution in [2.45, 2.75) is 13.0 Å². The minimum Gasteiger partial charge on any atom is -0.465 e. The Morgan fingerprint density at radius 1 is 1.90 bits per heavy atom. The predicted molar refractivity (Wildman–Crippen MR) is 46.8 cm³/mol. The van der Waals surface area contributed by atoms with Crippen molar-refractivity contribution in [1.29, 1.82) is 0 Å². The molecule has 2 N–H and O–H groups in total. The van der Waals surface area contributed by atoms with Crippen molar-refractivity contribution in [2.75, 3.05) is 12.4 Å². The van der Waals surface area contributed by atoms with E-state index in [-0.39, 0.29) is 5.97 Å². The summed E-state index contributed by atoms with van der Waals surface area (Å²) in [7, 11) is 2.43. The van der Waals surface area contributed by atoms with Crippen LogP contribution in [0.15, 0.2) is 0 Å². The first kappa shape index (κ1) is 10.2. The summed E-state index contributed by atoms with van der Waals surface area (Å²) in [5, 5.41) is 0. The zero-order valence-electron chi connectivity index (χ0n) is 5.87. The van der Waals surface area contributed by atoms with E-state index in [1.165, 1.54) is 11.4 Å². The van der Waals surface area contributed by atoms with Crippen LogP contribution >= 0.6 is 19.8 Å². The summed E-state index contributed by atoms with van der Waals surface area (Å²) >= 11 is 1.45. The van der Waals surface area contributed by atoms with Crippen molar-refractivity contribution in [3.05, 3.63) is 0 Å². The topological polar surface area (TPSA) is 52.3 Å². The molecule has 0 radical (unpaired) electrons. The normalized spacial score (nSPS) is 12.7. The molecule has 0 spiro atoms. The Morgan fingerprint density at radius 3 is 2.90 bits per heavy atom. The van der Waals surface area contributed by atoms with Gasteiger partial charge in [0.25, 0.3) is 0 Å². The van der Waals surface area contributed by atoms with Gasteiger partial charge in [0.1, 0.15) is 6.04 Å². The van der Waals surface area contributed by atoms with E-state index in [1.54, 1.807) is 6.92 Å². The van der Waals surface area contributed by atoms with Gasteiger partial charge >= 0.3 is 5.97 Å². The van der Waals surface area contributed by atoms with Gasteiger partial charge in [-0.2, -0.15) is 0 Å². The number of esters is 1. The fourth-order valence-electron chi connectivity index (χ4n) is 0.421. The quantitative estimate of drug-likeness (QED) is 0.504. The molecular weight excluding hydrogens is 169 g/mol. The average Bonchev–Trinajstić information content (AvgIpc) is 1.89. The largest absolute Gasteiger partial charge is 0.465 e. The maximum atomic E-state index is 10.8. The Morgan fingerprint density at radius 2 is 2.50 bits per heavy atom. The number of rotatable bonds is 4. The maximum Gasteiger partial charge on any atom is 0.323 e. The fourth-order valence-corrected chi connectivity index (χ4v) is 1.39. The van der Waals surface area contributed by atoms with E-state index in [2.05, 4.69) is 13.2 Å². The van der Waals surface area contributed by atoms with Crippen molar-refractivity contribution in [1.82, 2.24) is 0 Å². The van der Waals surface area contributed by atoms with E-state index in [4.69, 9.17) is 5.73 Å². The molecule has 2 atom stereocenters. The molecule has 3 nitrogen and oxygen atoms in total. The third kappa shape index (κ3) is 4.09. The average molecular weight is 181 g/mol. The van der Waals surface area contributed by atoms with E-state index in [0.29, 0.717) is 12.4 Å². The van der Waals surface area contributed by atoms with Crippen molar-refractivity contribution in [3.63, 3.8) is 0 Å². The fraction of sp³-hybridized carbons (Fsp3) is 0.800. The van der Waals surface area contributed by atoms with Gasteiger partial charge in [0.15, 0.2) is 0 Å². The molecule has 0 aliphatic carbocycles. The lowest BCUT2D eigenvalue weighted by Gasteiger charge is -2.07. The number of hydrogen-bond donors (Lipinski definition) is 1. The van der Waals surface area contributed by atoms with E-state index in [1.807, 2.05) is 0 Å². The molecule has 60 valence electrons. The summed E-state index contributed by atoms with van der Waals surface area (Å²) in [5.74, 6) is 0.265. The minimum absolute atomic E-state index is 0.322.